The standard InChI is InChI=1S/C22H24Cl2N4O4S/c1-12-20(25)17(21(27-2)13-9-14(23)11-15(10-13)33(26,30)31)7-8-28(12)22(29)16-5-4-6-18(32-3)19(16)24/h4-6,9-12,25,27H,7-8H2,1-3H3,(H2,26,30,31)/b21-17-,25-20?/t12-/m0/s1. The van der Waals surface area contributed by atoms with Crippen molar-refractivity contribution in [2.45, 2.75) is 24.3 Å². The first kappa shape index (κ1) is 25.0. The molecule has 2 aromatic rings. The first-order chi connectivity index (χ1) is 15.5. The highest BCUT2D eigenvalue weighted by molar-refractivity contribution is 7.89. The lowest BCUT2D eigenvalue weighted by Crippen LogP contribution is -2.48. The fourth-order valence-corrected chi connectivity index (χ4v) is 5.00. The van der Waals surface area contributed by atoms with Crippen molar-refractivity contribution in [2.75, 3.05) is 20.7 Å². The number of nitrogens with one attached hydrogen (secondary N) is 2. The topological polar surface area (TPSA) is 126 Å². The summed E-state index contributed by atoms with van der Waals surface area (Å²) in [7, 11) is -0.823. The van der Waals surface area contributed by atoms with Crippen molar-refractivity contribution < 1.29 is 17.9 Å². The van der Waals surface area contributed by atoms with Crippen molar-refractivity contribution in [1.29, 1.82) is 5.41 Å². The van der Waals surface area contributed by atoms with Gasteiger partial charge in [-0.25, -0.2) is 13.6 Å². The molecule has 0 spiro atoms. The zero-order valence-corrected chi connectivity index (χ0v) is 20.6. The van der Waals surface area contributed by atoms with E-state index >= 15 is 0 Å². The van der Waals surface area contributed by atoms with E-state index in [1.807, 2.05) is 0 Å². The maximum Gasteiger partial charge on any atom is 0.256 e. The van der Waals surface area contributed by atoms with E-state index in [0.29, 0.717) is 41.1 Å². The fourth-order valence-electron chi connectivity index (χ4n) is 3.83. The van der Waals surface area contributed by atoms with Crippen molar-refractivity contribution in [1.82, 2.24) is 10.2 Å². The number of carbonyl (C=O) groups excluding carboxylic acids is 1. The molecule has 0 bridgehead atoms. The van der Waals surface area contributed by atoms with Crippen molar-refractivity contribution in [3.8, 4) is 5.75 Å². The zero-order chi connectivity index (χ0) is 24.5. The van der Waals surface area contributed by atoms with Gasteiger partial charge in [0, 0.05) is 35.4 Å². The second kappa shape index (κ2) is 9.72. The van der Waals surface area contributed by atoms with Gasteiger partial charge in [-0.05, 0) is 43.7 Å². The number of carbonyl (C=O) groups is 1. The lowest BCUT2D eigenvalue weighted by Gasteiger charge is -2.36. The molecule has 1 saturated heterocycles. The molecule has 2 aromatic carbocycles. The average molecular weight is 511 g/mol. The largest absolute Gasteiger partial charge is 0.495 e. The van der Waals surface area contributed by atoms with Crippen LogP contribution >= 0.6 is 23.2 Å². The Labute approximate surface area is 202 Å². The van der Waals surface area contributed by atoms with E-state index in [9.17, 15) is 13.2 Å². The van der Waals surface area contributed by atoms with Crippen LogP contribution in [0.3, 0.4) is 0 Å². The molecule has 1 fully saturated rings. The van der Waals surface area contributed by atoms with Gasteiger partial charge in [-0.3, -0.25) is 4.79 Å². The summed E-state index contributed by atoms with van der Waals surface area (Å²) < 4.78 is 28.9. The zero-order valence-electron chi connectivity index (χ0n) is 18.3. The number of primary sulfonamides is 1. The molecule has 11 heteroatoms. The molecule has 3 rings (SSSR count). The average Bonchev–Trinajstić information content (AvgIpc) is 2.76. The highest BCUT2D eigenvalue weighted by atomic mass is 35.5. The summed E-state index contributed by atoms with van der Waals surface area (Å²) in [4.78, 5) is 14.7. The minimum atomic E-state index is -3.97. The van der Waals surface area contributed by atoms with Gasteiger partial charge in [0.15, 0.2) is 0 Å². The van der Waals surface area contributed by atoms with Gasteiger partial charge in [0.1, 0.15) is 5.75 Å². The predicted molar refractivity (Wildman–Crippen MR) is 130 cm³/mol. The van der Waals surface area contributed by atoms with Crippen molar-refractivity contribution in [3.05, 3.63) is 63.1 Å². The van der Waals surface area contributed by atoms with Crippen LogP contribution in [0, 0.1) is 5.41 Å². The number of sulfonamides is 1. The molecule has 8 nitrogen and oxygen atoms in total. The SMILES string of the molecule is CN/C(=C1/CCN(C(=O)c2cccc(OC)c2Cl)[C@@H](C)C1=N)c1cc(Cl)cc(S(N)(=O)=O)c1. The number of benzene rings is 2. The number of nitrogens with zero attached hydrogens (tertiary/aromatic N) is 1. The van der Waals surface area contributed by atoms with E-state index in [2.05, 4.69) is 5.32 Å². The molecule has 1 atom stereocenters. The van der Waals surface area contributed by atoms with Gasteiger partial charge in [0.25, 0.3) is 5.91 Å². The van der Waals surface area contributed by atoms with Crippen LogP contribution < -0.4 is 15.2 Å². The van der Waals surface area contributed by atoms with Crippen LogP contribution in [0.15, 0.2) is 46.9 Å². The van der Waals surface area contributed by atoms with Crippen LogP contribution in [0.5, 0.6) is 5.75 Å². The Balaban J connectivity index is 1.99. The normalized spacial score (nSPS) is 18.2. The molecule has 0 aliphatic carbocycles. The summed E-state index contributed by atoms with van der Waals surface area (Å²) in [5.74, 6) is 0.0902. The number of halogens is 2. The molecule has 0 aromatic heterocycles. The van der Waals surface area contributed by atoms with Crippen molar-refractivity contribution in [2.24, 2.45) is 5.14 Å². The van der Waals surface area contributed by atoms with Gasteiger partial charge in [0.2, 0.25) is 10.0 Å². The van der Waals surface area contributed by atoms with Crippen molar-refractivity contribution >= 4 is 50.5 Å². The number of rotatable bonds is 5. The molecular formula is C22H24Cl2N4O4S. The first-order valence-corrected chi connectivity index (χ1v) is 12.3. The maximum absolute atomic E-state index is 13.2. The number of nitrogens with two attached hydrogens (primary N) is 1. The van der Waals surface area contributed by atoms with Gasteiger partial charge in [-0.2, -0.15) is 0 Å². The molecule has 1 amide bonds. The van der Waals surface area contributed by atoms with Crippen LogP contribution in [0.25, 0.3) is 5.70 Å². The predicted octanol–water partition coefficient (Wildman–Crippen LogP) is 3.53. The van der Waals surface area contributed by atoms with Gasteiger partial charge in [-0.1, -0.05) is 29.3 Å². The third-order valence-corrected chi connectivity index (χ3v) is 7.03. The van der Waals surface area contributed by atoms with Crippen LogP contribution in [-0.2, 0) is 10.0 Å². The monoisotopic (exact) mass is 510 g/mol. The minimum absolute atomic E-state index is 0.127. The van der Waals surface area contributed by atoms with Gasteiger partial charge in [0.05, 0.1) is 34.3 Å². The molecule has 1 heterocycles. The molecule has 4 N–H and O–H groups in total. The Morgan fingerprint density at radius 2 is 1.97 bits per heavy atom. The summed E-state index contributed by atoms with van der Waals surface area (Å²) in [6.45, 7) is 2.09. The van der Waals surface area contributed by atoms with Crippen LogP contribution in [0.4, 0.5) is 0 Å². The third-order valence-electron chi connectivity index (χ3n) is 5.53. The number of piperidine rings is 1. The highest BCUT2D eigenvalue weighted by Crippen LogP contribution is 2.32. The molecule has 33 heavy (non-hydrogen) atoms. The van der Waals surface area contributed by atoms with E-state index in [-0.39, 0.29) is 26.6 Å². The second-order valence-corrected chi connectivity index (χ2v) is 9.86. The Bertz CT molecular complexity index is 1260. The minimum Gasteiger partial charge on any atom is -0.495 e. The summed E-state index contributed by atoms with van der Waals surface area (Å²) in [6.07, 6.45) is 0.365. The maximum atomic E-state index is 13.2. The lowest BCUT2D eigenvalue weighted by molar-refractivity contribution is 0.0728. The van der Waals surface area contributed by atoms with E-state index in [1.165, 1.54) is 19.2 Å². The quantitative estimate of drug-likeness (QED) is 0.566. The second-order valence-electron chi connectivity index (χ2n) is 7.48. The smallest absolute Gasteiger partial charge is 0.256 e. The van der Waals surface area contributed by atoms with Gasteiger partial charge in [-0.15, -0.1) is 0 Å². The summed E-state index contributed by atoms with van der Waals surface area (Å²) >= 11 is 12.5. The number of likely N-dealkylation sites (tertiary alicyclic amines) is 1. The summed E-state index contributed by atoms with van der Waals surface area (Å²) in [5, 5.41) is 17.5. The fraction of sp³-hybridized carbons (Fsp3) is 0.273. The first-order valence-electron chi connectivity index (χ1n) is 9.96. The molecule has 1 aliphatic heterocycles. The Hall–Kier alpha value is -2.59. The molecule has 0 radical (unpaired) electrons. The van der Waals surface area contributed by atoms with E-state index < -0.39 is 16.1 Å². The Kier molecular flexibility index (Phi) is 7.38. The van der Waals surface area contributed by atoms with Crippen molar-refractivity contribution in [3.63, 3.8) is 0 Å². The van der Waals surface area contributed by atoms with Crippen LogP contribution in [-0.4, -0.2) is 51.7 Å². The summed E-state index contributed by atoms with van der Waals surface area (Å²) in [6, 6.07) is 8.70. The van der Waals surface area contributed by atoms with Crippen LogP contribution in [0.1, 0.15) is 29.3 Å². The van der Waals surface area contributed by atoms with E-state index in [4.69, 9.17) is 38.5 Å². The summed E-state index contributed by atoms with van der Waals surface area (Å²) in [5.41, 5.74) is 2.19. The third kappa shape index (κ3) is 5.01. The highest BCUT2D eigenvalue weighted by Gasteiger charge is 2.33. The molecule has 0 unspecified atom stereocenters. The van der Waals surface area contributed by atoms with E-state index in [1.54, 1.807) is 43.1 Å². The van der Waals surface area contributed by atoms with Gasteiger partial charge >= 0.3 is 0 Å². The number of methoxy groups -OCH3 is 1. The van der Waals surface area contributed by atoms with Gasteiger partial charge < -0.3 is 20.4 Å². The van der Waals surface area contributed by atoms with E-state index in [0.717, 1.165) is 0 Å². The van der Waals surface area contributed by atoms with Crippen LogP contribution in [0.2, 0.25) is 10.0 Å². The number of hydrogen-bond acceptors (Lipinski definition) is 6. The number of ether oxygens (including phenoxy) is 1. The number of amides is 1. The lowest BCUT2D eigenvalue weighted by atomic mass is 9.90. The molecule has 0 saturated carbocycles. The Morgan fingerprint density at radius 3 is 2.58 bits per heavy atom. The Morgan fingerprint density at radius 1 is 1.27 bits per heavy atom. The molecular weight excluding hydrogens is 487 g/mol. The molecule has 1 aliphatic rings. The number of hydrogen-bond donors (Lipinski definition) is 3. The molecule has 176 valence electrons.